The molecule has 4 aliphatic rings. The number of aromatic nitrogens is 3. The molecule has 0 fully saturated rings. The average molecular weight is 588 g/mol. The van der Waals surface area contributed by atoms with Crippen LogP contribution in [0.15, 0.2) is 116 Å². The first-order valence-electron chi connectivity index (χ1n) is 15.6. The number of pyridine rings is 2. The molecule has 6 heteroatoms. The monoisotopic (exact) mass is 587 g/mol. The molecule has 2 unspecified atom stereocenters. The molecule has 7 aromatic rings. The Hall–Kier alpha value is -4.73. The van der Waals surface area contributed by atoms with Crippen LogP contribution in [0.2, 0.25) is 0 Å². The van der Waals surface area contributed by atoms with E-state index >= 15 is 0 Å². The molecule has 0 N–H and O–H groups in total. The van der Waals surface area contributed by atoms with Crippen LogP contribution < -0.4 is 24.8 Å². The highest BCUT2D eigenvalue weighted by atomic mass is 31.2. The molecule has 5 nitrogen and oxygen atoms in total. The smallest absolute Gasteiger partial charge is 0.325 e. The van der Waals surface area contributed by atoms with E-state index in [9.17, 15) is 0 Å². The number of hydrogen-bond donors (Lipinski definition) is 0. The first-order valence-corrected chi connectivity index (χ1v) is 17.6. The highest BCUT2D eigenvalue weighted by molar-refractivity contribution is 7.89. The highest BCUT2D eigenvalue weighted by Gasteiger charge is 2.62. The summed E-state index contributed by atoms with van der Waals surface area (Å²) in [5.41, 5.74) is 11.3. The molecule has 11 rings (SSSR count). The van der Waals surface area contributed by atoms with E-state index in [1.807, 2.05) is 0 Å². The minimum absolute atomic E-state index is 0.147. The molecular weight excluding hydrogens is 557 g/mol. The van der Waals surface area contributed by atoms with E-state index in [2.05, 4.69) is 148 Å². The quantitative estimate of drug-likeness (QED) is 0.118. The molecule has 210 valence electrons. The van der Waals surface area contributed by atoms with Gasteiger partial charge in [0.1, 0.15) is 22.3 Å². The van der Waals surface area contributed by atoms with Gasteiger partial charge in [0.15, 0.2) is 18.4 Å². The fourth-order valence-electron chi connectivity index (χ4n) is 9.10. The second-order valence-electron chi connectivity index (χ2n) is 13.2. The lowest BCUT2D eigenvalue weighted by Gasteiger charge is -2.41. The van der Waals surface area contributed by atoms with E-state index in [0.29, 0.717) is 0 Å². The van der Waals surface area contributed by atoms with Crippen LogP contribution in [0, 0.1) is 0 Å². The third kappa shape index (κ3) is 2.49. The summed E-state index contributed by atoms with van der Waals surface area (Å²) >= 11 is 0. The number of para-hydroxylation sites is 3. The van der Waals surface area contributed by atoms with Crippen molar-refractivity contribution in [3.8, 4) is 0 Å². The van der Waals surface area contributed by atoms with Gasteiger partial charge >= 0.3 is 5.65 Å². The van der Waals surface area contributed by atoms with Crippen LogP contribution in [0.5, 0.6) is 0 Å². The highest BCUT2D eigenvalue weighted by Crippen LogP contribution is 2.71. The molecule has 7 heterocycles. The van der Waals surface area contributed by atoms with Crippen molar-refractivity contribution in [2.75, 3.05) is 16.0 Å². The van der Waals surface area contributed by atoms with Crippen LogP contribution in [-0.2, 0) is 5.41 Å². The van der Waals surface area contributed by atoms with Crippen molar-refractivity contribution in [3.05, 3.63) is 127 Å². The van der Waals surface area contributed by atoms with Gasteiger partial charge in [-0.3, -0.25) is 0 Å². The van der Waals surface area contributed by atoms with Gasteiger partial charge in [0.2, 0.25) is 5.52 Å². The van der Waals surface area contributed by atoms with Gasteiger partial charge in [0, 0.05) is 35.5 Å². The summed E-state index contributed by atoms with van der Waals surface area (Å²) in [6.45, 7) is 4.87. The Kier molecular flexibility index (Phi) is 4.13. The Bertz CT molecular complexity index is 2460. The Labute approximate surface area is 255 Å². The SMILES string of the molecule is CC1(C)c2cccc3c2[P+]2(CCC4N(c5ccccc5)C=CN34)c3cccc4c3c3c(ccc1n32)[n+]1c2ccccc2nc41. The molecule has 2 atom stereocenters. The van der Waals surface area contributed by atoms with E-state index in [1.54, 1.807) is 5.30 Å². The lowest BCUT2D eigenvalue weighted by molar-refractivity contribution is -0.448. The maximum Gasteiger partial charge on any atom is 0.337 e. The second kappa shape index (κ2) is 7.67. The minimum atomic E-state index is -2.08. The third-order valence-electron chi connectivity index (χ3n) is 10.9. The van der Waals surface area contributed by atoms with Gasteiger partial charge in [0.25, 0.3) is 0 Å². The van der Waals surface area contributed by atoms with Gasteiger partial charge in [-0.1, -0.05) is 48.5 Å². The van der Waals surface area contributed by atoms with Gasteiger partial charge in [-0.2, -0.15) is 4.40 Å². The normalized spacial score (nSPS) is 22.0. The molecule has 44 heavy (non-hydrogen) atoms. The minimum Gasteiger partial charge on any atom is -0.325 e. The Morgan fingerprint density at radius 2 is 1.61 bits per heavy atom. The Morgan fingerprint density at radius 1 is 0.795 bits per heavy atom. The van der Waals surface area contributed by atoms with Crippen molar-refractivity contribution in [1.29, 1.82) is 0 Å². The van der Waals surface area contributed by atoms with Gasteiger partial charge in [-0.05, 0) is 73.4 Å². The number of anilines is 2. The summed E-state index contributed by atoms with van der Waals surface area (Å²) in [5.74, 6) is 0. The Morgan fingerprint density at radius 3 is 2.52 bits per heavy atom. The van der Waals surface area contributed by atoms with Gasteiger partial charge in [-0.25, -0.2) is 4.34 Å². The van der Waals surface area contributed by atoms with Gasteiger partial charge in [-0.15, -0.1) is 0 Å². The van der Waals surface area contributed by atoms with Crippen LogP contribution in [0.1, 0.15) is 31.5 Å². The topological polar surface area (TPSA) is 28.4 Å². The molecule has 0 saturated heterocycles. The fraction of sp³-hybridized carbons (Fsp3) is 0.158. The molecule has 0 bridgehead atoms. The second-order valence-corrected chi connectivity index (χ2v) is 16.5. The summed E-state index contributed by atoms with van der Waals surface area (Å²) in [4.78, 5) is 10.3. The zero-order valence-corrected chi connectivity index (χ0v) is 25.5. The van der Waals surface area contributed by atoms with Crippen molar-refractivity contribution in [3.63, 3.8) is 0 Å². The summed E-state index contributed by atoms with van der Waals surface area (Å²) in [6, 6.07) is 38.5. The first kappa shape index (κ1) is 23.7. The molecule has 0 aliphatic carbocycles. The molecule has 3 aromatic heterocycles. The van der Waals surface area contributed by atoms with Crippen molar-refractivity contribution >= 4 is 67.9 Å². The number of imidazole rings is 1. The van der Waals surface area contributed by atoms with Crippen molar-refractivity contribution in [1.82, 2.24) is 9.32 Å². The third-order valence-corrected chi connectivity index (χ3v) is 15.3. The summed E-state index contributed by atoms with van der Waals surface area (Å²) in [6.07, 6.45) is 7.03. The van der Waals surface area contributed by atoms with E-state index < -0.39 is 7.41 Å². The Balaban J connectivity index is 1.30. The molecule has 0 saturated carbocycles. The van der Waals surface area contributed by atoms with E-state index in [4.69, 9.17) is 4.98 Å². The van der Waals surface area contributed by atoms with Gasteiger partial charge < -0.3 is 9.80 Å². The molecular formula is C38H30N5P+2. The molecule has 0 amide bonds. The number of rotatable bonds is 1. The standard InChI is InChI=1S/C38H30N5P/c1-38(2)26-13-9-16-30-36(26)44(23-20-33-40(21-22-41(30)33)24-10-4-3-5-11-24)31-17-8-12-25-34(31)35-29(18-19-32(38)43(35)44)42-28-15-7-6-14-27(28)39-37(25)42/h3-19,21-22,33H,20,23H2,1-2H3/q+2. The predicted octanol–water partition coefficient (Wildman–Crippen LogP) is 6.99. The van der Waals surface area contributed by atoms with Crippen LogP contribution in [0.4, 0.5) is 11.4 Å². The van der Waals surface area contributed by atoms with Crippen molar-refractivity contribution in [2.45, 2.75) is 31.8 Å². The largest absolute Gasteiger partial charge is 0.337 e. The average Bonchev–Trinajstić information content (AvgIpc) is 3.72. The van der Waals surface area contributed by atoms with E-state index in [0.717, 1.165) is 23.7 Å². The van der Waals surface area contributed by atoms with E-state index in [-0.39, 0.29) is 11.6 Å². The number of nitrogens with zero attached hydrogens (tertiary/aromatic N) is 5. The number of hydrogen-bond acceptors (Lipinski definition) is 3. The van der Waals surface area contributed by atoms with Crippen LogP contribution in [0.3, 0.4) is 0 Å². The van der Waals surface area contributed by atoms with Crippen molar-refractivity contribution < 1.29 is 4.40 Å². The zero-order chi connectivity index (χ0) is 28.9. The number of benzene rings is 4. The summed E-state index contributed by atoms with van der Waals surface area (Å²) in [5, 5.41) is 5.78. The summed E-state index contributed by atoms with van der Waals surface area (Å²) in [7, 11) is -2.08. The van der Waals surface area contributed by atoms with Crippen LogP contribution in [-0.4, -0.2) is 21.6 Å². The lowest BCUT2D eigenvalue weighted by atomic mass is 9.80. The van der Waals surface area contributed by atoms with Crippen molar-refractivity contribution in [2.24, 2.45) is 0 Å². The molecule has 4 aliphatic heterocycles. The fourth-order valence-corrected chi connectivity index (χ4v) is 14.5. The van der Waals surface area contributed by atoms with Crippen LogP contribution in [0.25, 0.3) is 38.5 Å². The van der Waals surface area contributed by atoms with Gasteiger partial charge in [0.05, 0.1) is 28.3 Å². The lowest BCUT2D eigenvalue weighted by Crippen LogP contribution is -2.43. The molecule has 0 radical (unpaired) electrons. The zero-order valence-electron chi connectivity index (χ0n) is 24.6. The first-order chi connectivity index (χ1) is 21.6. The van der Waals surface area contributed by atoms with E-state index in [1.165, 1.54) is 55.3 Å². The maximum atomic E-state index is 5.25. The van der Waals surface area contributed by atoms with Crippen LogP contribution >= 0.6 is 7.41 Å². The number of fused-ring (bicyclic) bond motifs is 7. The molecule has 4 aromatic carbocycles. The predicted molar refractivity (Wildman–Crippen MR) is 182 cm³/mol. The summed E-state index contributed by atoms with van der Waals surface area (Å²) < 4.78 is 5.31. The molecule has 1 spiro atoms. The maximum absolute atomic E-state index is 5.25.